The van der Waals surface area contributed by atoms with Crippen LogP contribution in [-0.4, -0.2) is 48.5 Å². The predicted molar refractivity (Wildman–Crippen MR) is 47.8 cm³/mol. The van der Waals surface area contributed by atoms with Crippen molar-refractivity contribution in [3.63, 3.8) is 0 Å². The molecule has 1 atom stereocenters. The van der Waals surface area contributed by atoms with Crippen molar-refractivity contribution >= 4 is 11.9 Å². The van der Waals surface area contributed by atoms with Crippen LogP contribution in [0, 0.1) is 0 Å². The molecule has 0 bridgehead atoms. The molecule has 0 aromatic rings. The normalized spacial score (nSPS) is 12.1. The number of hydrogen-bond donors (Lipinski definition) is 3. The molecule has 0 spiro atoms. The summed E-state index contributed by atoms with van der Waals surface area (Å²) in [6, 6.07) is 0. The lowest BCUT2D eigenvalue weighted by Gasteiger charge is -2.07. The second kappa shape index (κ2) is 7.28. The molecule has 14 heavy (non-hydrogen) atoms. The van der Waals surface area contributed by atoms with Gasteiger partial charge in [0.25, 0.3) is 0 Å². The molecule has 0 fully saturated rings. The van der Waals surface area contributed by atoms with E-state index in [1.807, 2.05) is 0 Å². The van der Waals surface area contributed by atoms with Crippen LogP contribution in [0.25, 0.3) is 0 Å². The first-order chi connectivity index (χ1) is 6.57. The average Bonchev–Trinajstić information content (AvgIpc) is 2.14. The number of carbonyl (C=O) groups excluding carboxylic acids is 1. The molecule has 0 heterocycles. The Balaban J connectivity index is 3.48. The Morgan fingerprint density at radius 1 is 1.50 bits per heavy atom. The van der Waals surface area contributed by atoms with E-state index in [-0.39, 0.29) is 18.9 Å². The smallest absolute Gasteiger partial charge is 0.334 e. The van der Waals surface area contributed by atoms with Gasteiger partial charge in [-0.25, -0.2) is 4.79 Å². The molecule has 6 nitrogen and oxygen atoms in total. The third-order valence-corrected chi connectivity index (χ3v) is 1.53. The number of carbonyl (C=O) groups is 2. The fourth-order valence-corrected chi connectivity index (χ4v) is 0.763. The minimum Gasteiger partial charge on any atom is -0.479 e. The van der Waals surface area contributed by atoms with Crippen molar-refractivity contribution in [2.45, 2.75) is 18.9 Å². The molecule has 0 radical (unpaired) electrons. The molecule has 0 aromatic carbocycles. The highest BCUT2D eigenvalue weighted by atomic mass is 16.5. The zero-order chi connectivity index (χ0) is 11.0. The van der Waals surface area contributed by atoms with E-state index in [9.17, 15) is 9.59 Å². The Labute approximate surface area is 81.9 Å². The molecular weight excluding hydrogens is 190 g/mol. The topological polar surface area (TPSA) is 95.9 Å². The van der Waals surface area contributed by atoms with Crippen LogP contribution in [0.15, 0.2) is 0 Å². The van der Waals surface area contributed by atoms with Crippen molar-refractivity contribution in [1.29, 1.82) is 0 Å². The Morgan fingerprint density at radius 3 is 2.64 bits per heavy atom. The van der Waals surface area contributed by atoms with Crippen molar-refractivity contribution < 1.29 is 24.5 Å². The predicted octanol–water partition coefficient (Wildman–Crippen LogP) is -1.03. The highest BCUT2D eigenvalue weighted by molar-refractivity contribution is 5.77. The minimum absolute atomic E-state index is 0.263. The van der Waals surface area contributed by atoms with Gasteiger partial charge in [-0.05, 0) is 6.42 Å². The molecule has 0 rings (SSSR count). The van der Waals surface area contributed by atoms with E-state index < -0.39 is 12.1 Å². The van der Waals surface area contributed by atoms with Crippen molar-refractivity contribution in [2.24, 2.45) is 0 Å². The highest BCUT2D eigenvalue weighted by Crippen LogP contribution is 1.89. The first kappa shape index (κ1) is 12.9. The fourth-order valence-electron chi connectivity index (χ4n) is 0.763. The quantitative estimate of drug-likeness (QED) is 0.462. The Bertz CT molecular complexity index is 194. The minimum atomic E-state index is -1.54. The molecule has 0 unspecified atom stereocenters. The van der Waals surface area contributed by atoms with Crippen molar-refractivity contribution in [1.82, 2.24) is 5.32 Å². The van der Waals surface area contributed by atoms with Crippen molar-refractivity contribution in [3.05, 3.63) is 0 Å². The summed E-state index contributed by atoms with van der Waals surface area (Å²) in [4.78, 5) is 21.1. The summed E-state index contributed by atoms with van der Waals surface area (Å²) in [7, 11) is 1.53. The summed E-state index contributed by atoms with van der Waals surface area (Å²) in [5.74, 6) is -1.63. The largest absolute Gasteiger partial charge is 0.479 e. The number of rotatable bonds is 7. The summed E-state index contributed by atoms with van der Waals surface area (Å²) in [6.45, 7) is 0.218. The number of aliphatic hydroxyl groups is 1. The monoisotopic (exact) mass is 205 g/mol. The van der Waals surface area contributed by atoms with Crippen molar-refractivity contribution in [3.8, 4) is 0 Å². The van der Waals surface area contributed by atoms with Gasteiger partial charge in [-0.2, -0.15) is 0 Å². The molecule has 0 saturated heterocycles. The Hall–Kier alpha value is -1.14. The molecule has 0 aromatic heterocycles. The van der Waals surface area contributed by atoms with Crippen LogP contribution in [0.4, 0.5) is 0 Å². The molecule has 6 heteroatoms. The zero-order valence-electron chi connectivity index (χ0n) is 8.02. The number of amides is 1. The molecule has 82 valence electrons. The van der Waals surface area contributed by atoms with E-state index >= 15 is 0 Å². The lowest BCUT2D eigenvalue weighted by atomic mass is 10.3. The van der Waals surface area contributed by atoms with Crippen LogP contribution in [0.1, 0.15) is 12.8 Å². The number of aliphatic hydroxyl groups excluding tert-OH is 1. The number of ether oxygens (including phenoxy) is 1. The number of hydrogen-bond acceptors (Lipinski definition) is 4. The SMILES string of the molecule is COCCCC(=O)NC[C@H](O)C(=O)O. The summed E-state index contributed by atoms with van der Waals surface area (Å²) >= 11 is 0. The van der Waals surface area contributed by atoms with Crippen LogP contribution < -0.4 is 5.32 Å². The van der Waals surface area contributed by atoms with Gasteiger partial charge in [0.15, 0.2) is 6.10 Å². The lowest BCUT2D eigenvalue weighted by molar-refractivity contribution is -0.146. The lowest BCUT2D eigenvalue weighted by Crippen LogP contribution is -2.36. The summed E-state index contributed by atoms with van der Waals surface area (Å²) in [5, 5.41) is 19.4. The van der Waals surface area contributed by atoms with Gasteiger partial charge in [-0.3, -0.25) is 4.79 Å². The number of aliphatic carboxylic acids is 1. The van der Waals surface area contributed by atoms with Gasteiger partial charge in [-0.15, -0.1) is 0 Å². The van der Waals surface area contributed by atoms with Crippen LogP contribution in [-0.2, 0) is 14.3 Å². The standard InChI is InChI=1S/C8H15NO5/c1-14-4-2-3-7(11)9-5-6(10)8(12)13/h6,10H,2-5H2,1H3,(H,9,11)(H,12,13)/t6-/m0/s1. The fraction of sp³-hybridized carbons (Fsp3) is 0.750. The maximum atomic E-state index is 11.0. The number of carboxylic acids is 1. The second-order valence-corrected chi connectivity index (χ2v) is 2.75. The van der Waals surface area contributed by atoms with Gasteiger partial charge in [-0.1, -0.05) is 0 Å². The number of methoxy groups -OCH3 is 1. The van der Waals surface area contributed by atoms with E-state index in [0.717, 1.165) is 0 Å². The number of nitrogens with one attached hydrogen (secondary N) is 1. The number of carboxylic acid groups (broad SMARTS) is 1. The molecule has 0 aliphatic carbocycles. The van der Waals surface area contributed by atoms with Gasteiger partial charge in [0.2, 0.25) is 5.91 Å². The molecule has 0 aliphatic rings. The zero-order valence-corrected chi connectivity index (χ0v) is 8.02. The van der Waals surface area contributed by atoms with E-state index in [4.69, 9.17) is 14.9 Å². The highest BCUT2D eigenvalue weighted by Gasteiger charge is 2.13. The maximum Gasteiger partial charge on any atom is 0.334 e. The Morgan fingerprint density at radius 2 is 2.14 bits per heavy atom. The third-order valence-electron chi connectivity index (χ3n) is 1.53. The van der Waals surface area contributed by atoms with Gasteiger partial charge in [0.05, 0.1) is 6.54 Å². The molecule has 0 aliphatic heterocycles. The molecular formula is C8H15NO5. The molecule has 1 amide bonds. The van der Waals surface area contributed by atoms with Crippen molar-refractivity contribution in [2.75, 3.05) is 20.3 Å². The third kappa shape index (κ3) is 6.38. The van der Waals surface area contributed by atoms with Crippen LogP contribution >= 0.6 is 0 Å². The summed E-state index contributed by atoms with van der Waals surface area (Å²) in [5.41, 5.74) is 0. The van der Waals surface area contributed by atoms with E-state index in [1.54, 1.807) is 0 Å². The molecule has 0 saturated carbocycles. The van der Waals surface area contributed by atoms with Gasteiger partial charge >= 0.3 is 5.97 Å². The first-order valence-electron chi connectivity index (χ1n) is 4.24. The first-order valence-corrected chi connectivity index (χ1v) is 4.24. The van der Waals surface area contributed by atoms with E-state index in [0.29, 0.717) is 13.0 Å². The second-order valence-electron chi connectivity index (χ2n) is 2.75. The van der Waals surface area contributed by atoms with Gasteiger partial charge in [0, 0.05) is 20.1 Å². The maximum absolute atomic E-state index is 11.0. The summed E-state index contributed by atoms with van der Waals surface area (Å²) < 4.78 is 4.73. The van der Waals surface area contributed by atoms with Crippen LogP contribution in [0.5, 0.6) is 0 Å². The van der Waals surface area contributed by atoms with Gasteiger partial charge in [0.1, 0.15) is 0 Å². The van der Waals surface area contributed by atoms with E-state index in [1.165, 1.54) is 7.11 Å². The van der Waals surface area contributed by atoms with E-state index in [2.05, 4.69) is 5.32 Å². The molecule has 3 N–H and O–H groups in total. The van der Waals surface area contributed by atoms with Crippen LogP contribution in [0.2, 0.25) is 0 Å². The summed E-state index contributed by atoms with van der Waals surface area (Å²) in [6.07, 6.45) is -0.701. The Kier molecular flexibility index (Phi) is 6.69. The average molecular weight is 205 g/mol. The van der Waals surface area contributed by atoms with Gasteiger partial charge < -0.3 is 20.3 Å². The van der Waals surface area contributed by atoms with Crippen LogP contribution in [0.3, 0.4) is 0 Å².